The summed E-state index contributed by atoms with van der Waals surface area (Å²) in [4.78, 5) is 20.1. The maximum Gasteiger partial charge on any atom is 0.248 e. The second-order valence-electron chi connectivity index (χ2n) is 5.27. The Bertz CT molecular complexity index is 858. The summed E-state index contributed by atoms with van der Waals surface area (Å²) in [6, 6.07) is 11.0. The van der Waals surface area contributed by atoms with Gasteiger partial charge in [0.05, 0.1) is 10.7 Å². The summed E-state index contributed by atoms with van der Waals surface area (Å²) in [6.07, 6.45) is 6.51. The molecular formula is C19H17N3O2S. The van der Waals surface area contributed by atoms with Crippen LogP contribution in [0.2, 0.25) is 0 Å². The summed E-state index contributed by atoms with van der Waals surface area (Å²) >= 11 is 1.61. The highest BCUT2D eigenvalue weighted by molar-refractivity contribution is 7.09. The monoisotopic (exact) mass is 351 g/mol. The van der Waals surface area contributed by atoms with E-state index in [1.54, 1.807) is 41.9 Å². The Kier molecular flexibility index (Phi) is 5.53. The molecule has 0 aliphatic carbocycles. The molecule has 0 saturated carbocycles. The van der Waals surface area contributed by atoms with Crippen molar-refractivity contribution < 1.29 is 9.53 Å². The van der Waals surface area contributed by atoms with Crippen molar-refractivity contribution >= 4 is 29.0 Å². The Hall–Kier alpha value is -2.99. The van der Waals surface area contributed by atoms with Gasteiger partial charge in [-0.25, -0.2) is 4.98 Å². The number of aryl methyl sites for hydroxylation is 1. The Labute approximate surface area is 150 Å². The van der Waals surface area contributed by atoms with Crippen molar-refractivity contribution in [2.45, 2.75) is 13.5 Å². The number of nitrogens with zero attached hydrogens (tertiary/aromatic N) is 2. The maximum absolute atomic E-state index is 11.9. The summed E-state index contributed by atoms with van der Waals surface area (Å²) in [5.74, 6) is 0.578. The molecular weight excluding hydrogens is 334 g/mol. The Morgan fingerprint density at radius 1 is 1.20 bits per heavy atom. The van der Waals surface area contributed by atoms with Gasteiger partial charge in [-0.2, -0.15) is 0 Å². The number of aromatic nitrogens is 2. The van der Waals surface area contributed by atoms with Crippen LogP contribution in [0.25, 0.3) is 6.08 Å². The van der Waals surface area contributed by atoms with Crippen LogP contribution in [-0.2, 0) is 11.4 Å². The average molecular weight is 351 g/mol. The molecule has 0 aliphatic heterocycles. The summed E-state index contributed by atoms with van der Waals surface area (Å²) < 4.78 is 5.70. The third-order valence-electron chi connectivity index (χ3n) is 3.31. The number of thiazole rings is 1. The van der Waals surface area contributed by atoms with Crippen LogP contribution < -0.4 is 10.1 Å². The number of anilines is 1. The Balaban J connectivity index is 1.52. The summed E-state index contributed by atoms with van der Waals surface area (Å²) in [6.45, 7) is 2.42. The van der Waals surface area contributed by atoms with Gasteiger partial charge in [0, 0.05) is 29.5 Å². The van der Waals surface area contributed by atoms with Gasteiger partial charge >= 0.3 is 0 Å². The van der Waals surface area contributed by atoms with E-state index in [1.807, 2.05) is 36.6 Å². The summed E-state index contributed by atoms with van der Waals surface area (Å²) in [5, 5.41) is 5.79. The predicted molar refractivity (Wildman–Crippen MR) is 99.5 cm³/mol. The number of amides is 1. The highest BCUT2D eigenvalue weighted by Gasteiger charge is 2.00. The van der Waals surface area contributed by atoms with Gasteiger partial charge in [0.2, 0.25) is 5.91 Å². The first-order valence-electron chi connectivity index (χ1n) is 7.72. The number of benzene rings is 1. The molecule has 0 spiro atoms. The van der Waals surface area contributed by atoms with Crippen LogP contribution in [0.15, 0.2) is 60.2 Å². The molecule has 3 aromatic rings. The van der Waals surface area contributed by atoms with Gasteiger partial charge in [-0.3, -0.25) is 9.78 Å². The molecule has 1 amide bonds. The molecule has 0 fully saturated rings. The number of carbonyl (C=O) groups excluding carboxylic acids is 1. The number of hydrogen-bond donors (Lipinski definition) is 1. The molecule has 2 heterocycles. The van der Waals surface area contributed by atoms with E-state index in [0.29, 0.717) is 12.3 Å². The van der Waals surface area contributed by atoms with E-state index in [2.05, 4.69) is 15.3 Å². The van der Waals surface area contributed by atoms with E-state index in [9.17, 15) is 4.79 Å². The smallest absolute Gasteiger partial charge is 0.248 e. The Morgan fingerprint density at radius 2 is 1.96 bits per heavy atom. The van der Waals surface area contributed by atoms with Crippen LogP contribution in [0.5, 0.6) is 5.75 Å². The SMILES string of the molecule is Cc1nc(COc2ccc(/C=C/C(=O)Nc3ccncc3)cc2)cs1. The van der Waals surface area contributed by atoms with Crippen molar-refractivity contribution in [2.24, 2.45) is 0 Å². The van der Waals surface area contributed by atoms with Crippen molar-refractivity contribution in [2.75, 3.05) is 5.32 Å². The third kappa shape index (κ3) is 5.26. The molecule has 0 atom stereocenters. The quantitative estimate of drug-likeness (QED) is 0.680. The van der Waals surface area contributed by atoms with Gasteiger partial charge in [-0.1, -0.05) is 12.1 Å². The number of carbonyl (C=O) groups is 1. The van der Waals surface area contributed by atoms with E-state index >= 15 is 0 Å². The highest BCUT2D eigenvalue weighted by Crippen LogP contribution is 2.16. The highest BCUT2D eigenvalue weighted by atomic mass is 32.1. The minimum atomic E-state index is -0.189. The molecule has 0 bridgehead atoms. The van der Waals surface area contributed by atoms with Gasteiger partial charge in [-0.05, 0) is 42.8 Å². The largest absolute Gasteiger partial charge is 0.487 e. The van der Waals surface area contributed by atoms with Crippen LogP contribution in [0.1, 0.15) is 16.3 Å². The van der Waals surface area contributed by atoms with Crippen molar-refractivity contribution in [3.63, 3.8) is 0 Å². The van der Waals surface area contributed by atoms with Gasteiger partial charge in [0.1, 0.15) is 12.4 Å². The van der Waals surface area contributed by atoms with Crippen molar-refractivity contribution in [3.8, 4) is 5.75 Å². The molecule has 6 heteroatoms. The average Bonchev–Trinajstić information content (AvgIpc) is 3.05. The fourth-order valence-corrected chi connectivity index (χ4v) is 2.70. The molecule has 2 aromatic heterocycles. The number of pyridine rings is 1. The van der Waals surface area contributed by atoms with Crippen LogP contribution in [0.3, 0.4) is 0 Å². The second-order valence-corrected chi connectivity index (χ2v) is 6.34. The third-order valence-corrected chi connectivity index (χ3v) is 4.13. The molecule has 0 saturated heterocycles. The first-order chi connectivity index (χ1) is 12.2. The van der Waals surface area contributed by atoms with Crippen LogP contribution in [0, 0.1) is 6.92 Å². The fraction of sp³-hybridized carbons (Fsp3) is 0.105. The minimum Gasteiger partial charge on any atom is -0.487 e. The van der Waals surface area contributed by atoms with E-state index in [-0.39, 0.29) is 5.91 Å². The number of ether oxygens (including phenoxy) is 1. The minimum absolute atomic E-state index is 0.189. The number of rotatable bonds is 6. The van der Waals surface area contributed by atoms with Crippen LogP contribution in [-0.4, -0.2) is 15.9 Å². The zero-order chi connectivity index (χ0) is 17.5. The van der Waals surface area contributed by atoms with E-state index in [4.69, 9.17) is 4.74 Å². The van der Waals surface area contributed by atoms with E-state index in [0.717, 1.165) is 22.0 Å². The lowest BCUT2D eigenvalue weighted by molar-refractivity contribution is -0.111. The van der Waals surface area contributed by atoms with Crippen molar-refractivity contribution in [1.82, 2.24) is 9.97 Å². The number of nitrogens with one attached hydrogen (secondary N) is 1. The van der Waals surface area contributed by atoms with E-state index in [1.165, 1.54) is 6.08 Å². The lowest BCUT2D eigenvalue weighted by Crippen LogP contribution is -2.07. The lowest BCUT2D eigenvalue weighted by Gasteiger charge is -2.04. The molecule has 25 heavy (non-hydrogen) atoms. The Morgan fingerprint density at radius 3 is 2.64 bits per heavy atom. The number of hydrogen-bond acceptors (Lipinski definition) is 5. The van der Waals surface area contributed by atoms with E-state index < -0.39 is 0 Å². The lowest BCUT2D eigenvalue weighted by atomic mass is 10.2. The first kappa shape index (κ1) is 16.9. The fourth-order valence-electron chi connectivity index (χ4n) is 2.10. The topological polar surface area (TPSA) is 64.1 Å². The molecule has 0 radical (unpaired) electrons. The molecule has 0 aliphatic rings. The molecule has 0 unspecified atom stereocenters. The standard InChI is InChI=1S/C19H17N3O2S/c1-14-21-17(13-25-14)12-24-18-5-2-15(3-6-18)4-7-19(23)22-16-8-10-20-11-9-16/h2-11,13H,12H2,1H3,(H,20,22,23)/b7-4+. The van der Waals surface area contributed by atoms with Gasteiger partial charge in [-0.15, -0.1) is 11.3 Å². The van der Waals surface area contributed by atoms with Gasteiger partial charge < -0.3 is 10.1 Å². The van der Waals surface area contributed by atoms with Gasteiger partial charge in [0.15, 0.2) is 0 Å². The summed E-state index contributed by atoms with van der Waals surface area (Å²) in [5.41, 5.74) is 2.56. The normalized spacial score (nSPS) is 10.8. The zero-order valence-electron chi connectivity index (χ0n) is 13.7. The second kappa shape index (κ2) is 8.21. The zero-order valence-corrected chi connectivity index (χ0v) is 14.5. The maximum atomic E-state index is 11.9. The first-order valence-corrected chi connectivity index (χ1v) is 8.60. The molecule has 3 rings (SSSR count). The summed E-state index contributed by atoms with van der Waals surface area (Å²) in [7, 11) is 0. The predicted octanol–water partition coefficient (Wildman–Crippen LogP) is 4.08. The van der Waals surface area contributed by atoms with Crippen LogP contribution in [0.4, 0.5) is 5.69 Å². The van der Waals surface area contributed by atoms with Gasteiger partial charge in [0.25, 0.3) is 0 Å². The molecule has 1 aromatic carbocycles. The molecule has 126 valence electrons. The molecule has 1 N–H and O–H groups in total. The van der Waals surface area contributed by atoms with Crippen molar-refractivity contribution in [1.29, 1.82) is 0 Å². The molecule has 5 nitrogen and oxygen atoms in total. The van der Waals surface area contributed by atoms with Crippen LogP contribution >= 0.6 is 11.3 Å². The van der Waals surface area contributed by atoms with Crippen molar-refractivity contribution in [3.05, 3.63) is 76.5 Å².